The van der Waals surface area contributed by atoms with Gasteiger partial charge in [-0.3, -0.25) is 9.36 Å². The number of anilines is 1. The normalized spacial score (nSPS) is 12.5. The van der Waals surface area contributed by atoms with E-state index in [1.54, 1.807) is 26.1 Å². The highest BCUT2D eigenvalue weighted by Gasteiger charge is 2.10. The largest absolute Gasteiger partial charge is 0.481 e. The van der Waals surface area contributed by atoms with Crippen LogP contribution in [0.3, 0.4) is 0 Å². The van der Waals surface area contributed by atoms with Crippen LogP contribution >= 0.6 is 0 Å². The Morgan fingerprint density at radius 2 is 2.26 bits per heavy atom. The molecule has 0 amide bonds. The summed E-state index contributed by atoms with van der Waals surface area (Å²) in [6.07, 6.45) is 0.539. The number of nitrogens with one attached hydrogen (secondary N) is 1. The van der Waals surface area contributed by atoms with Gasteiger partial charge in [-0.25, -0.2) is 4.79 Å². The molecular formula is C13H16N2O4. The van der Waals surface area contributed by atoms with Crippen LogP contribution in [-0.2, 0) is 11.8 Å². The number of carbonyl (C=O) groups is 1. The average Bonchev–Trinajstić information content (AvgIpc) is 2.65. The summed E-state index contributed by atoms with van der Waals surface area (Å²) in [4.78, 5) is 22.0. The fourth-order valence-corrected chi connectivity index (χ4v) is 1.79. The lowest BCUT2D eigenvalue weighted by molar-refractivity contribution is -0.141. The van der Waals surface area contributed by atoms with E-state index >= 15 is 0 Å². The summed E-state index contributed by atoms with van der Waals surface area (Å²) in [6, 6.07) is 5.34. The molecule has 102 valence electrons. The van der Waals surface area contributed by atoms with Gasteiger partial charge in [0.05, 0.1) is 11.4 Å². The van der Waals surface area contributed by atoms with Gasteiger partial charge in [-0.2, -0.15) is 0 Å². The fraction of sp³-hybridized carbons (Fsp3) is 0.385. The number of oxazole rings is 1. The Bertz CT molecular complexity index is 656. The predicted molar refractivity (Wildman–Crippen MR) is 71.4 cm³/mol. The zero-order valence-electron chi connectivity index (χ0n) is 10.8. The number of hydrogen-bond donors (Lipinski definition) is 2. The Morgan fingerprint density at radius 3 is 2.95 bits per heavy atom. The first-order chi connectivity index (χ1) is 8.99. The Kier molecular flexibility index (Phi) is 3.59. The standard InChI is InChI=1S/C13H16N2O4/c1-8(12(16)17)5-6-14-9-3-4-11-10(7-9)15(2)13(18)19-11/h3-4,7-8,14H,5-6H2,1-2H3,(H,16,17). The highest BCUT2D eigenvalue weighted by Crippen LogP contribution is 2.18. The van der Waals surface area contributed by atoms with E-state index in [9.17, 15) is 9.59 Å². The number of aliphatic carboxylic acids is 1. The quantitative estimate of drug-likeness (QED) is 0.857. The maximum absolute atomic E-state index is 11.3. The molecule has 1 atom stereocenters. The van der Waals surface area contributed by atoms with Gasteiger partial charge in [-0.1, -0.05) is 6.92 Å². The van der Waals surface area contributed by atoms with E-state index in [4.69, 9.17) is 9.52 Å². The third-order valence-electron chi connectivity index (χ3n) is 3.12. The van der Waals surface area contributed by atoms with Crippen molar-refractivity contribution in [3.05, 3.63) is 28.7 Å². The lowest BCUT2D eigenvalue weighted by Gasteiger charge is -2.08. The molecule has 0 aliphatic carbocycles. The van der Waals surface area contributed by atoms with E-state index in [2.05, 4.69) is 5.32 Å². The number of aromatic nitrogens is 1. The number of benzene rings is 1. The van der Waals surface area contributed by atoms with Gasteiger partial charge in [0.2, 0.25) is 0 Å². The lowest BCUT2D eigenvalue weighted by Crippen LogP contribution is -2.14. The molecule has 0 aliphatic heterocycles. The smallest absolute Gasteiger partial charge is 0.419 e. The van der Waals surface area contributed by atoms with Crippen LogP contribution in [0.2, 0.25) is 0 Å². The summed E-state index contributed by atoms with van der Waals surface area (Å²) in [7, 11) is 1.64. The van der Waals surface area contributed by atoms with Crippen LogP contribution in [-0.4, -0.2) is 22.2 Å². The summed E-state index contributed by atoms with van der Waals surface area (Å²) in [6.45, 7) is 2.23. The molecule has 6 nitrogen and oxygen atoms in total. The summed E-state index contributed by atoms with van der Waals surface area (Å²) in [5.74, 6) is -1.57. The summed E-state index contributed by atoms with van der Waals surface area (Å²) < 4.78 is 6.46. The Hall–Kier alpha value is -2.24. The molecule has 1 aromatic carbocycles. The van der Waals surface area contributed by atoms with Crippen molar-refractivity contribution in [1.29, 1.82) is 0 Å². The minimum atomic E-state index is -0.797. The second-order valence-corrected chi connectivity index (χ2v) is 4.56. The van der Waals surface area contributed by atoms with Crippen molar-refractivity contribution in [2.45, 2.75) is 13.3 Å². The first kappa shape index (κ1) is 13.2. The molecule has 6 heteroatoms. The molecule has 1 aromatic heterocycles. The highest BCUT2D eigenvalue weighted by molar-refractivity contribution is 5.77. The van der Waals surface area contributed by atoms with Gasteiger partial charge in [0.25, 0.3) is 0 Å². The Balaban J connectivity index is 2.07. The van der Waals surface area contributed by atoms with Crippen molar-refractivity contribution >= 4 is 22.8 Å². The van der Waals surface area contributed by atoms with Crippen molar-refractivity contribution in [3.8, 4) is 0 Å². The number of carboxylic acid groups (broad SMARTS) is 1. The fourth-order valence-electron chi connectivity index (χ4n) is 1.79. The minimum absolute atomic E-state index is 0.380. The van der Waals surface area contributed by atoms with E-state index in [0.717, 1.165) is 5.69 Å². The second kappa shape index (κ2) is 5.17. The monoisotopic (exact) mass is 264 g/mol. The topological polar surface area (TPSA) is 84.5 Å². The Morgan fingerprint density at radius 1 is 1.53 bits per heavy atom. The van der Waals surface area contributed by atoms with Crippen LogP contribution in [0.1, 0.15) is 13.3 Å². The first-order valence-electron chi connectivity index (χ1n) is 6.05. The van der Waals surface area contributed by atoms with Gasteiger partial charge in [-0.15, -0.1) is 0 Å². The van der Waals surface area contributed by atoms with Crippen LogP contribution in [0.5, 0.6) is 0 Å². The Labute approximate surface area is 109 Å². The lowest BCUT2D eigenvalue weighted by atomic mass is 10.1. The molecule has 0 saturated carbocycles. The predicted octanol–water partition coefficient (Wildman–Crippen LogP) is 1.65. The molecular weight excluding hydrogens is 248 g/mol. The van der Waals surface area contributed by atoms with Crippen LogP contribution in [0.4, 0.5) is 5.69 Å². The molecule has 2 N–H and O–H groups in total. The van der Waals surface area contributed by atoms with Gasteiger partial charge < -0.3 is 14.8 Å². The maximum Gasteiger partial charge on any atom is 0.419 e. The molecule has 0 bridgehead atoms. The maximum atomic E-state index is 11.3. The number of hydrogen-bond acceptors (Lipinski definition) is 4. The van der Waals surface area contributed by atoms with E-state index in [0.29, 0.717) is 24.1 Å². The summed E-state index contributed by atoms with van der Waals surface area (Å²) in [5, 5.41) is 11.9. The molecule has 2 rings (SSSR count). The zero-order valence-corrected chi connectivity index (χ0v) is 10.8. The van der Waals surface area contributed by atoms with Gasteiger partial charge in [0, 0.05) is 19.3 Å². The number of carboxylic acids is 1. The third kappa shape index (κ3) is 2.78. The number of fused-ring (bicyclic) bond motifs is 1. The van der Waals surface area contributed by atoms with Crippen molar-refractivity contribution < 1.29 is 14.3 Å². The second-order valence-electron chi connectivity index (χ2n) is 4.56. The van der Waals surface area contributed by atoms with Crippen LogP contribution < -0.4 is 11.1 Å². The number of aryl methyl sites for hydroxylation is 1. The average molecular weight is 264 g/mol. The molecule has 0 fully saturated rings. The van der Waals surface area contributed by atoms with E-state index in [1.165, 1.54) is 4.57 Å². The zero-order chi connectivity index (χ0) is 14.0. The molecule has 0 radical (unpaired) electrons. The molecule has 0 saturated heterocycles. The number of nitrogens with zero attached hydrogens (tertiary/aromatic N) is 1. The molecule has 0 spiro atoms. The molecule has 1 unspecified atom stereocenters. The third-order valence-corrected chi connectivity index (χ3v) is 3.12. The molecule has 19 heavy (non-hydrogen) atoms. The van der Waals surface area contributed by atoms with Crippen LogP contribution in [0.25, 0.3) is 11.1 Å². The van der Waals surface area contributed by atoms with Crippen LogP contribution in [0, 0.1) is 5.92 Å². The molecule has 1 heterocycles. The van der Waals surface area contributed by atoms with E-state index < -0.39 is 11.7 Å². The highest BCUT2D eigenvalue weighted by atomic mass is 16.4. The summed E-state index contributed by atoms with van der Waals surface area (Å²) in [5.41, 5.74) is 2.08. The molecule has 2 aromatic rings. The van der Waals surface area contributed by atoms with E-state index in [1.807, 2.05) is 6.07 Å². The minimum Gasteiger partial charge on any atom is -0.481 e. The van der Waals surface area contributed by atoms with Crippen molar-refractivity contribution in [2.24, 2.45) is 13.0 Å². The SMILES string of the molecule is CC(CCNc1ccc2oc(=O)n(C)c2c1)C(=O)O. The van der Waals surface area contributed by atoms with E-state index in [-0.39, 0.29) is 5.92 Å². The van der Waals surface area contributed by atoms with Gasteiger partial charge in [-0.05, 0) is 24.6 Å². The first-order valence-corrected chi connectivity index (χ1v) is 6.05. The van der Waals surface area contributed by atoms with Gasteiger partial charge in [0.1, 0.15) is 0 Å². The van der Waals surface area contributed by atoms with Gasteiger partial charge in [0.15, 0.2) is 5.58 Å². The van der Waals surface area contributed by atoms with Crippen molar-refractivity contribution in [3.63, 3.8) is 0 Å². The number of rotatable bonds is 5. The van der Waals surface area contributed by atoms with Crippen molar-refractivity contribution in [2.75, 3.05) is 11.9 Å². The summed E-state index contributed by atoms with van der Waals surface area (Å²) >= 11 is 0. The van der Waals surface area contributed by atoms with Crippen LogP contribution in [0.15, 0.2) is 27.4 Å². The molecule has 0 aliphatic rings. The van der Waals surface area contributed by atoms with Crippen molar-refractivity contribution in [1.82, 2.24) is 4.57 Å². The van der Waals surface area contributed by atoms with Gasteiger partial charge >= 0.3 is 11.7 Å².